The monoisotopic (exact) mass is 912 g/mol. The van der Waals surface area contributed by atoms with Crippen molar-refractivity contribution in [2.24, 2.45) is 0 Å². The van der Waals surface area contributed by atoms with Crippen LogP contribution in [0.2, 0.25) is 0 Å². The molecule has 9 aromatic carbocycles. The highest BCUT2D eigenvalue weighted by Gasteiger charge is 2.45. The van der Waals surface area contributed by atoms with Gasteiger partial charge in [-0.15, -0.1) is 0 Å². The highest BCUT2D eigenvalue weighted by Crippen LogP contribution is 2.50. The Hall–Kier alpha value is -7.04. The first-order valence-corrected chi connectivity index (χ1v) is 25.3. The second kappa shape index (κ2) is 16.3. The standard InChI is InChI=1S/C66H66BN3/c1-63(2,3)47-23-31-51(32-24-47)69-58-36-28-49(65(7,8)9)39-57(58)67-56-35-27-50(66(10,11)12)40-59(56)70(52-33-25-48(26-34-52)64(4,5)6)61-42-55(41-60(69)62(61)67)68(53-29-21-43-17-13-15-19-45(43)37-53)54-30-22-44-18-14-16-20-46(44)38-54/h13-42H,1-12H3. The van der Waals surface area contributed by atoms with Crippen LogP contribution in [0.3, 0.4) is 0 Å². The summed E-state index contributed by atoms with van der Waals surface area (Å²) in [5.41, 5.74) is 19.6. The number of hydrogen-bond donors (Lipinski definition) is 0. The first-order valence-electron chi connectivity index (χ1n) is 25.3. The summed E-state index contributed by atoms with van der Waals surface area (Å²) in [4.78, 5) is 7.65. The predicted octanol–water partition coefficient (Wildman–Crippen LogP) is 16.7. The van der Waals surface area contributed by atoms with Gasteiger partial charge in [0.25, 0.3) is 6.71 Å². The van der Waals surface area contributed by atoms with Gasteiger partial charge in [0.15, 0.2) is 0 Å². The molecule has 0 spiro atoms. The van der Waals surface area contributed by atoms with Crippen LogP contribution in [0.1, 0.15) is 105 Å². The van der Waals surface area contributed by atoms with Gasteiger partial charge in [0, 0.05) is 45.5 Å². The fraction of sp³-hybridized carbons (Fsp3) is 0.242. The molecule has 0 aromatic heterocycles. The summed E-state index contributed by atoms with van der Waals surface area (Å²) < 4.78 is 0. The fourth-order valence-corrected chi connectivity index (χ4v) is 10.9. The van der Waals surface area contributed by atoms with Crippen molar-refractivity contribution in [1.29, 1.82) is 0 Å². The molecular formula is C66H66BN3. The highest BCUT2D eigenvalue weighted by atomic mass is 15.2. The van der Waals surface area contributed by atoms with Crippen LogP contribution in [0.4, 0.5) is 51.2 Å². The van der Waals surface area contributed by atoms with Crippen molar-refractivity contribution in [3.8, 4) is 0 Å². The summed E-state index contributed by atoms with van der Waals surface area (Å²) in [5.74, 6) is 0. The van der Waals surface area contributed by atoms with Crippen LogP contribution in [0.5, 0.6) is 0 Å². The summed E-state index contributed by atoms with van der Waals surface area (Å²) in [5, 5.41) is 4.86. The highest BCUT2D eigenvalue weighted by molar-refractivity contribution is 7.00. The van der Waals surface area contributed by atoms with Gasteiger partial charge in [-0.2, -0.15) is 0 Å². The normalized spacial score (nSPS) is 13.6. The Morgan fingerprint density at radius 1 is 0.314 bits per heavy atom. The molecule has 70 heavy (non-hydrogen) atoms. The molecule has 348 valence electrons. The summed E-state index contributed by atoms with van der Waals surface area (Å²) in [6.07, 6.45) is 0. The lowest BCUT2D eigenvalue weighted by molar-refractivity contribution is 0.590. The Bertz CT molecular complexity index is 3400. The van der Waals surface area contributed by atoms with E-state index in [2.05, 4.69) is 280 Å². The van der Waals surface area contributed by atoms with E-state index >= 15 is 0 Å². The second-order valence-electron chi connectivity index (χ2n) is 24.0. The van der Waals surface area contributed by atoms with Crippen LogP contribution in [-0.2, 0) is 21.7 Å². The zero-order chi connectivity index (χ0) is 49.1. The molecule has 0 fully saturated rings. The molecule has 2 heterocycles. The number of benzene rings is 9. The molecule has 0 saturated heterocycles. The van der Waals surface area contributed by atoms with E-state index in [9.17, 15) is 0 Å². The molecule has 0 saturated carbocycles. The van der Waals surface area contributed by atoms with Gasteiger partial charge in [-0.1, -0.05) is 192 Å². The second-order valence-corrected chi connectivity index (χ2v) is 24.0. The van der Waals surface area contributed by atoms with Crippen LogP contribution in [0, 0.1) is 0 Å². The van der Waals surface area contributed by atoms with Gasteiger partial charge in [-0.25, -0.2) is 0 Å². The Morgan fingerprint density at radius 2 is 0.729 bits per heavy atom. The average Bonchev–Trinajstić information content (AvgIpc) is 3.32. The Kier molecular flexibility index (Phi) is 10.6. The lowest BCUT2D eigenvalue weighted by atomic mass is 9.33. The molecule has 3 nitrogen and oxygen atoms in total. The summed E-state index contributed by atoms with van der Waals surface area (Å²) in [6.45, 7) is 27.8. The van der Waals surface area contributed by atoms with E-state index < -0.39 is 0 Å². The molecule has 0 unspecified atom stereocenters. The topological polar surface area (TPSA) is 9.72 Å². The zero-order valence-corrected chi connectivity index (χ0v) is 43.2. The number of nitrogens with zero attached hydrogens (tertiary/aromatic N) is 3. The molecule has 0 bridgehead atoms. The van der Waals surface area contributed by atoms with Crippen molar-refractivity contribution < 1.29 is 0 Å². The van der Waals surface area contributed by atoms with Crippen molar-refractivity contribution in [1.82, 2.24) is 0 Å². The van der Waals surface area contributed by atoms with E-state index in [0.29, 0.717) is 0 Å². The number of anilines is 9. The molecule has 2 aliphatic heterocycles. The minimum atomic E-state index is -0.0626. The SMILES string of the molecule is CC(C)(C)c1ccc(N2c3ccc(C(C)(C)C)cc3B3c4ccc(C(C)(C)C)cc4N(c4ccc(C(C)(C)C)cc4)c4cc(N(c5ccc6ccccc6c5)c5ccc6ccccc6c5)cc2c43)cc1. The van der Waals surface area contributed by atoms with Gasteiger partial charge in [0.2, 0.25) is 0 Å². The van der Waals surface area contributed by atoms with Crippen LogP contribution >= 0.6 is 0 Å². The first-order chi connectivity index (χ1) is 33.2. The van der Waals surface area contributed by atoms with Crippen molar-refractivity contribution in [2.45, 2.75) is 105 Å². The van der Waals surface area contributed by atoms with E-state index in [0.717, 1.165) is 28.4 Å². The van der Waals surface area contributed by atoms with Crippen LogP contribution in [-0.4, -0.2) is 6.71 Å². The van der Waals surface area contributed by atoms with Crippen LogP contribution in [0.25, 0.3) is 21.5 Å². The maximum Gasteiger partial charge on any atom is 0.252 e. The van der Waals surface area contributed by atoms with E-state index in [1.165, 1.54) is 82.9 Å². The molecule has 11 rings (SSSR count). The van der Waals surface area contributed by atoms with Gasteiger partial charge in [0.05, 0.1) is 5.69 Å². The summed E-state index contributed by atoms with van der Waals surface area (Å²) in [6, 6.07) is 69.7. The predicted molar refractivity (Wildman–Crippen MR) is 305 cm³/mol. The van der Waals surface area contributed by atoms with Gasteiger partial charge in [0.1, 0.15) is 0 Å². The Morgan fingerprint density at radius 3 is 1.20 bits per heavy atom. The third-order valence-corrected chi connectivity index (χ3v) is 15.0. The van der Waals surface area contributed by atoms with Crippen molar-refractivity contribution in [2.75, 3.05) is 14.7 Å². The van der Waals surface area contributed by atoms with E-state index in [1.54, 1.807) is 0 Å². The average molecular weight is 912 g/mol. The van der Waals surface area contributed by atoms with E-state index in [4.69, 9.17) is 0 Å². The van der Waals surface area contributed by atoms with Gasteiger partial charge in [-0.3, -0.25) is 0 Å². The molecule has 0 atom stereocenters. The largest absolute Gasteiger partial charge is 0.311 e. The van der Waals surface area contributed by atoms with E-state index in [-0.39, 0.29) is 28.4 Å². The fourth-order valence-electron chi connectivity index (χ4n) is 10.9. The lowest BCUT2D eigenvalue weighted by Gasteiger charge is -2.45. The molecule has 0 aliphatic carbocycles. The number of hydrogen-bond acceptors (Lipinski definition) is 3. The van der Waals surface area contributed by atoms with Gasteiger partial charge in [-0.05, 0) is 155 Å². The Balaban J connectivity index is 1.28. The first kappa shape index (κ1) is 45.4. The smallest absolute Gasteiger partial charge is 0.252 e. The lowest BCUT2D eigenvalue weighted by Crippen LogP contribution is -2.61. The maximum atomic E-state index is 2.59. The quantitative estimate of drug-likeness (QED) is 0.159. The molecule has 2 aliphatic rings. The summed E-state index contributed by atoms with van der Waals surface area (Å²) >= 11 is 0. The maximum absolute atomic E-state index is 2.59. The molecule has 0 radical (unpaired) electrons. The molecule has 9 aromatic rings. The van der Waals surface area contributed by atoms with Crippen molar-refractivity contribution in [3.63, 3.8) is 0 Å². The minimum absolute atomic E-state index is 0.0135. The molecule has 4 heteroatoms. The van der Waals surface area contributed by atoms with Crippen LogP contribution in [0.15, 0.2) is 182 Å². The van der Waals surface area contributed by atoms with E-state index in [1.807, 2.05) is 0 Å². The third kappa shape index (κ3) is 7.86. The van der Waals surface area contributed by atoms with Crippen molar-refractivity contribution in [3.05, 3.63) is 204 Å². The number of rotatable bonds is 5. The molecule has 0 N–H and O–H groups in total. The minimum Gasteiger partial charge on any atom is -0.311 e. The molecule has 0 amide bonds. The summed E-state index contributed by atoms with van der Waals surface area (Å²) in [7, 11) is 0. The number of fused-ring (bicyclic) bond motifs is 6. The molecular weight excluding hydrogens is 846 g/mol. The van der Waals surface area contributed by atoms with Crippen LogP contribution < -0.4 is 31.1 Å². The van der Waals surface area contributed by atoms with Gasteiger partial charge >= 0.3 is 0 Å². The third-order valence-electron chi connectivity index (χ3n) is 15.0. The zero-order valence-electron chi connectivity index (χ0n) is 43.2. The van der Waals surface area contributed by atoms with Crippen molar-refractivity contribution >= 4 is 95.8 Å². The van der Waals surface area contributed by atoms with Gasteiger partial charge < -0.3 is 14.7 Å². The Labute approximate surface area is 417 Å².